The van der Waals surface area contributed by atoms with Gasteiger partial charge in [-0.2, -0.15) is 0 Å². The zero-order chi connectivity index (χ0) is 27.2. The van der Waals surface area contributed by atoms with Crippen LogP contribution in [-0.4, -0.2) is 11.7 Å². The highest BCUT2D eigenvalue weighted by molar-refractivity contribution is 6.19. The Labute approximate surface area is 237 Å². The molecule has 4 nitrogen and oxygen atoms in total. The topological polar surface area (TPSA) is 49.9 Å². The van der Waals surface area contributed by atoms with E-state index in [2.05, 4.69) is 96.3 Å². The maximum atomic E-state index is 6.16. The summed E-state index contributed by atoms with van der Waals surface area (Å²) in [4.78, 5) is 10.0. The lowest BCUT2D eigenvalue weighted by atomic mass is 9.97. The fraction of sp³-hybridized carbons (Fsp3) is 0.0270. The molecular weight excluding hydrogens is 502 g/mol. The molecule has 1 aliphatic heterocycles. The maximum absolute atomic E-state index is 6.16. The standard InChI is InChI=1S/C37H25N3O/c1-3-10-25(11-4-1)35-38-36(26-12-5-2-6-13-26)40-37(39-35)29-15-9-14-27(22-29)28-19-18-24-20-21-33-34(31(24)23-28)30-16-7-8-17-32(30)41-33/h1-23,35H,(H,38,39,40). The first-order valence-electron chi connectivity index (χ1n) is 13.8. The first-order chi connectivity index (χ1) is 20.3. The molecule has 41 heavy (non-hydrogen) atoms. The third-order valence-corrected chi connectivity index (χ3v) is 7.71. The Balaban J connectivity index is 1.23. The van der Waals surface area contributed by atoms with Gasteiger partial charge in [0, 0.05) is 21.9 Å². The van der Waals surface area contributed by atoms with E-state index in [9.17, 15) is 0 Å². The molecule has 2 heterocycles. The van der Waals surface area contributed by atoms with Gasteiger partial charge in [-0.1, -0.05) is 115 Å². The molecule has 0 saturated heterocycles. The average Bonchev–Trinajstić information content (AvgIpc) is 3.44. The van der Waals surface area contributed by atoms with E-state index in [-0.39, 0.29) is 6.17 Å². The Morgan fingerprint density at radius 1 is 0.488 bits per heavy atom. The molecule has 1 N–H and O–H groups in total. The van der Waals surface area contributed by atoms with Crippen LogP contribution in [0.3, 0.4) is 0 Å². The number of nitrogens with one attached hydrogen (secondary N) is 1. The second-order valence-electron chi connectivity index (χ2n) is 10.3. The lowest BCUT2D eigenvalue weighted by molar-refractivity contribution is 0.669. The molecule has 1 aliphatic rings. The van der Waals surface area contributed by atoms with Gasteiger partial charge in [0.05, 0.1) is 0 Å². The number of fused-ring (bicyclic) bond motifs is 5. The minimum absolute atomic E-state index is 0.324. The number of hydrogen-bond acceptors (Lipinski definition) is 4. The van der Waals surface area contributed by atoms with Gasteiger partial charge >= 0.3 is 0 Å². The van der Waals surface area contributed by atoms with Crippen molar-refractivity contribution < 1.29 is 4.42 Å². The SMILES string of the molecule is c1ccc(C2=NC(c3ccccc3)N=C(c3cccc(-c4ccc5ccc6oc7ccccc7c6c5c4)c3)N2)cc1. The summed E-state index contributed by atoms with van der Waals surface area (Å²) >= 11 is 0. The molecule has 0 amide bonds. The summed E-state index contributed by atoms with van der Waals surface area (Å²) in [5, 5.41) is 8.19. The Kier molecular flexibility index (Phi) is 5.49. The van der Waals surface area contributed by atoms with Gasteiger partial charge in [0.25, 0.3) is 0 Å². The maximum Gasteiger partial charge on any atom is 0.169 e. The molecule has 1 aromatic heterocycles. The Morgan fingerprint density at radius 2 is 1.15 bits per heavy atom. The molecule has 1 unspecified atom stereocenters. The summed E-state index contributed by atoms with van der Waals surface area (Å²) in [5.74, 6) is 1.62. The number of amidine groups is 2. The Hall–Kier alpha value is -5.48. The van der Waals surface area contributed by atoms with Gasteiger partial charge in [-0.05, 0) is 51.7 Å². The molecule has 7 aromatic rings. The summed E-state index contributed by atoms with van der Waals surface area (Å²) in [6.45, 7) is 0. The predicted octanol–water partition coefficient (Wildman–Crippen LogP) is 8.90. The van der Waals surface area contributed by atoms with Gasteiger partial charge in [0.1, 0.15) is 22.8 Å². The first kappa shape index (κ1) is 23.4. The van der Waals surface area contributed by atoms with Gasteiger partial charge < -0.3 is 9.73 Å². The van der Waals surface area contributed by atoms with Crippen molar-refractivity contribution in [2.45, 2.75) is 6.17 Å². The number of rotatable bonds is 4. The number of para-hydroxylation sites is 1. The van der Waals surface area contributed by atoms with Crippen LogP contribution in [0.4, 0.5) is 0 Å². The summed E-state index contributed by atoms with van der Waals surface area (Å²) < 4.78 is 6.16. The molecule has 4 heteroatoms. The monoisotopic (exact) mass is 527 g/mol. The first-order valence-corrected chi connectivity index (χ1v) is 13.8. The highest BCUT2D eigenvalue weighted by Gasteiger charge is 2.21. The quantitative estimate of drug-likeness (QED) is 0.248. The zero-order valence-electron chi connectivity index (χ0n) is 22.2. The minimum atomic E-state index is -0.324. The normalized spacial score (nSPS) is 15.1. The zero-order valence-corrected chi connectivity index (χ0v) is 22.2. The van der Waals surface area contributed by atoms with Gasteiger partial charge in [-0.25, -0.2) is 9.98 Å². The lowest BCUT2D eigenvalue weighted by Gasteiger charge is -2.22. The smallest absolute Gasteiger partial charge is 0.169 e. The second kappa shape index (κ2) is 9.61. The summed E-state index contributed by atoms with van der Waals surface area (Å²) in [7, 11) is 0. The summed E-state index contributed by atoms with van der Waals surface area (Å²) in [5.41, 5.74) is 7.19. The fourth-order valence-corrected chi connectivity index (χ4v) is 5.68. The van der Waals surface area contributed by atoms with Crippen molar-refractivity contribution in [3.8, 4) is 11.1 Å². The third kappa shape index (κ3) is 4.17. The minimum Gasteiger partial charge on any atom is -0.456 e. The Bertz CT molecular complexity index is 2120. The highest BCUT2D eigenvalue weighted by Crippen LogP contribution is 2.36. The number of furan rings is 1. The molecule has 0 fully saturated rings. The van der Waals surface area contributed by atoms with Crippen molar-refractivity contribution in [1.82, 2.24) is 5.32 Å². The number of nitrogens with zero attached hydrogens (tertiary/aromatic N) is 2. The van der Waals surface area contributed by atoms with E-state index in [1.54, 1.807) is 0 Å². The van der Waals surface area contributed by atoms with Crippen LogP contribution in [-0.2, 0) is 0 Å². The fourth-order valence-electron chi connectivity index (χ4n) is 5.68. The summed E-state index contributed by atoms with van der Waals surface area (Å²) in [6, 6.07) is 48.1. The van der Waals surface area contributed by atoms with E-state index in [4.69, 9.17) is 14.4 Å². The number of aliphatic imine (C=N–C) groups is 2. The van der Waals surface area contributed by atoms with Crippen LogP contribution in [0, 0.1) is 0 Å². The number of hydrogen-bond donors (Lipinski definition) is 1. The van der Waals surface area contributed by atoms with E-state index in [1.165, 1.54) is 10.8 Å². The molecular formula is C37H25N3O. The van der Waals surface area contributed by atoms with Crippen LogP contribution in [0.5, 0.6) is 0 Å². The third-order valence-electron chi connectivity index (χ3n) is 7.71. The van der Waals surface area contributed by atoms with Gasteiger partial charge in [0.2, 0.25) is 0 Å². The molecule has 0 saturated carbocycles. The predicted molar refractivity (Wildman–Crippen MR) is 168 cm³/mol. The molecule has 194 valence electrons. The molecule has 0 radical (unpaired) electrons. The van der Waals surface area contributed by atoms with E-state index < -0.39 is 0 Å². The molecule has 6 aromatic carbocycles. The van der Waals surface area contributed by atoms with Gasteiger partial charge in [-0.3, -0.25) is 0 Å². The molecule has 0 bridgehead atoms. The lowest BCUT2D eigenvalue weighted by Crippen LogP contribution is -2.36. The van der Waals surface area contributed by atoms with Crippen molar-refractivity contribution in [3.63, 3.8) is 0 Å². The van der Waals surface area contributed by atoms with Crippen molar-refractivity contribution >= 4 is 44.4 Å². The average molecular weight is 528 g/mol. The number of benzene rings is 6. The van der Waals surface area contributed by atoms with Crippen LogP contribution >= 0.6 is 0 Å². The van der Waals surface area contributed by atoms with E-state index in [0.29, 0.717) is 0 Å². The van der Waals surface area contributed by atoms with Crippen molar-refractivity contribution in [3.05, 3.63) is 156 Å². The highest BCUT2D eigenvalue weighted by atomic mass is 16.3. The van der Waals surface area contributed by atoms with Crippen molar-refractivity contribution in [1.29, 1.82) is 0 Å². The van der Waals surface area contributed by atoms with Gasteiger partial charge in [-0.15, -0.1) is 0 Å². The van der Waals surface area contributed by atoms with E-state index in [1.807, 2.05) is 48.5 Å². The largest absolute Gasteiger partial charge is 0.456 e. The second-order valence-corrected chi connectivity index (χ2v) is 10.3. The van der Waals surface area contributed by atoms with Crippen LogP contribution < -0.4 is 5.32 Å². The molecule has 8 rings (SSSR count). The Morgan fingerprint density at radius 3 is 2.00 bits per heavy atom. The molecule has 1 atom stereocenters. The molecule has 0 aliphatic carbocycles. The van der Waals surface area contributed by atoms with E-state index in [0.717, 1.165) is 61.4 Å². The van der Waals surface area contributed by atoms with Crippen LogP contribution in [0.25, 0.3) is 43.8 Å². The van der Waals surface area contributed by atoms with Crippen LogP contribution in [0.1, 0.15) is 22.9 Å². The van der Waals surface area contributed by atoms with Crippen LogP contribution in [0.2, 0.25) is 0 Å². The summed E-state index contributed by atoms with van der Waals surface area (Å²) in [6.07, 6.45) is -0.324. The van der Waals surface area contributed by atoms with Crippen molar-refractivity contribution in [2.75, 3.05) is 0 Å². The van der Waals surface area contributed by atoms with Crippen molar-refractivity contribution in [2.24, 2.45) is 9.98 Å². The molecule has 0 spiro atoms. The van der Waals surface area contributed by atoms with Crippen LogP contribution in [0.15, 0.2) is 154 Å². The van der Waals surface area contributed by atoms with Gasteiger partial charge in [0.15, 0.2) is 6.17 Å². The van der Waals surface area contributed by atoms with E-state index >= 15 is 0 Å².